The van der Waals surface area contributed by atoms with Crippen molar-refractivity contribution in [2.24, 2.45) is 0 Å². The molecule has 114 valence electrons. The Hall–Kier alpha value is -2.62. The standard InChI is InChI=1S/C18H17FO3/c1-3-12(11-18(20)21)13-4-6-14(7-5-13)15-8-9-17(22-2)16(19)10-15/h4-11H,3H2,1-2H3,(H,20,21)/b12-11+. The van der Waals surface area contributed by atoms with Crippen LogP contribution in [0.5, 0.6) is 5.75 Å². The van der Waals surface area contributed by atoms with Crippen molar-refractivity contribution in [2.45, 2.75) is 13.3 Å². The third-order valence-corrected chi connectivity index (χ3v) is 3.42. The number of carboxylic acid groups (broad SMARTS) is 1. The summed E-state index contributed by atoms with van der Waals surface area (Å²) in [5.41, 5.74) is 3.20. The molecule has 0 radical (unpaired) electrons. The Morgan fingerprint density at radius 2 is 1.82 bits per heavy atom. The van der Waals surface area contributed by atoms with Crippen LogP contribution >= 0.6 is 0 Å². The average Bonchev–Trinajstić information content (AvgIpc) is 2.52. The van der Waals surface area contributed by atoms with Crippen LogP contribution in [0.1, 0.15) is 18.9 Å². The van der Waals surface area contributed by atoms with Crippen LogP contribution in [0.15, 0.2) is 48.5 Å². The van der Waals surface area contributed by atoms with Gasteiger partial charge in [-0.3, -0.25) is 0 Å². The van der Waals surface area contributed by atoms with Crippen molar-refractivity contribution in [3.8, 4) is 16.9 Å². The highest BCUT2D eigenvalue weighted by Gasteiger charge is 2.07. The summed E-state index contributed by atoms with van der Waals surface area (Å²) in [6.45, 7) is 1.90. The molecule has 0 aliphatic rings. The summed E-state index contributed by atoms with van der Waals surface area (Å²) in [4.78, 5) is 10.8. The van der Waals surface area contributed by atoms with E-state index in [1.54, 1.807) is 12.1 Å². The maximum absolute atomic E-state index is 13.7. The maximum Gasteiger partial charge on any atom is 0.328 e. The van der Waals surface area contributed by atoms with E-state index in [2.05, 4.69) is 0 Å². The van der Waals surface area contributed by atoms with E-state index >= 15 is 0 Å². The number of aliphatic carboxylic acids is 1. The van der Waals surface area contributed by atoms with E-state index in [-0.39, 0.29) is 5.75 Å². The van der Waals surface area contributed by atoms with Gasteiger partial charge in [-0.05, 0) is 40.8 Å². The zero-order valence-corrected chi connectivity index (χ0v) is 12.5. The van der Waals surface area contributed by atoms with Crippen LogP contribution in [0.2, 0.25) is 0 Å². The second-order valence-corrected chi connectivity index (χ2v) is 4.79. The van der Waals surface area contributed by atoms with Crippen LogP contribution in [0.25, 0.3) is 16.7 Å². The normalized spacial score (nSPS) is 11.3. The number of halogens is 1. The lowest BCUT2D eigenvalue weighted by molar-refractivity contribution is -0.131. The molecule has 0 atom stereocenters. The van der Waals surface area contributed by atoms with Gasteiger partial charge >= 0.3 is 5.97 Å². The fourth-order valence-electron chi connectivity index (χ4n) is 2.26. The third kappa shape index (κ3) is 3.52. The molecular weight excluding hydrogens is 283 g/mol. The number of hydrogen-bond donors (Lipinski definition) is 1. The lowest BCUT2D eigenvalue weighted by Crippen LogP contribution is -1.92. The molecule has 2 rings (SSSR count). The summed E-state index contributed by atoms with van der Waals surface area (Å²) in [6.07, 6.45) is 1.84. The van der Waals surface area contributed by atoms with E-state index in [9.17, 15) is 9.18 Å². The molecule has 0 heterocycles. The van der Waals surface area contributed by atoms with Gasteiger partial charge in [0.2, 0.25) is 0 Å². The molecular formula is C18H17FO3. The third-order valence-electron chi connectivity index (χ3n) is 3.42. The van der Waals surface area contributed by atoms with E-state index in [0.717, 1.165) is 22.3 Å². The van der Waals surface area contributed by atoms with Gasteiger partial charge in [-0.1, -0.05) is 37.3 Å². The van der Waals surface area contributed by atoms with Crippen LogP contribution in [-0.2, 0) is 4.79 Å². The van der Waals surface area contributed by atoms with Gasteiger partial charge in [-0.2, -0.15) is 0 Å². The van der Waals surface area contributed by atoms with Gasteiger partial charge in [0, 0.05) is 6.08 Å². The van der Waals surface area contributed by atoms with E-state index in [0.29, 0.717) is 6.42 Å². The fourth-order valence-corrected chi connectivity index (χ4v) is 2.26. The molecule has 0 saturated carbocycles. The van der Waals surface area contributed by atoms with Gasteiger partial charge in [0.25, 0.3) is 0 Å². The monoisotopic (exact) mass is 300 g/mol. The first-order valence-electron chi connectivity index (χ1n) is 6.93. The number of carboxylic acids is 1. The Labute approximate surface area is 128 Å². The molecule has 0 bridgehead atoms. The van der Waals surface area contributed by atoms with Gasteiger partial charge in [0.05, 0.1) is 7.11 Å². The maximum atomic E-state index is 13.7. The van der Waals surface area contributed by atoms with E-state index in [1.807, 2.05) is 31.2 Å². The molecule has 0 aromatic heterocycles. The van der Waals surface area contributed by atoms with Gasteiger partial charge in [0.15, 0.2) is 11.6 Å². The summed E-state index contributed by atoms with van der Waals surface area (Å²) in [7, 11) is 1.42. The van der Waals surface area contributed by atoms with E-state index in [4.69, 9.17) is 9.84 Å². The molecule has 1 N–H and O–H groups in total. The lowest BCUT2D eigenvalue weighted by Gasteiger charge is -2.08. The average molecular weight is 300 g/mol. The molecule has 0 unspecified atom stereocenters. The number of ether oxygens (including phenoxy) is 1. The number of allylic oxidation sites excluding steroid dienone is 1. The second-order valence-electron chi connectivity index (χ2n) is 4.79. The zero-order valence-electron chi connectivity index (χ0n) is 12.5. The number of hydrogen-bond acceptors (Lipinski definition) is 2. The molecule has 0 fully saturated rings. The van der Waals surface area contributed by atoms with Crippen LogP contribution in [0.4, 0.5) is 4.39 Å². The smallest absolute Gasteiger partial charge is 0.328 e. The van der Waals surface area contributed by atoms with Crippen LogP contribution in [-0.4, -0.2) is 18.2 Å². The Morgan fingerprint density at radius 3 is 2.32 bits per heavy atom. The predicted molar refractivity (Wildman–Crippen MR) is 84.3 cm³/mol. The largest absolute Gasteiger partial charge is 0.494 e. The number of methoxy groups -OCH3 is 1. The highest BCUT2D eigenvalue weighted by molar-refractivity contribution is 5.90. The van der Waals surface area contributed by atoms with E-state index < -0.39 is 11.8 Å². The Balaban J connectivity index is 2.32. The first kappa shape index (κ1) is 15.8. The number of rotatable bonds is 5. The summed E-state index contributed by atoms with van der Waals surface area (Å²) in [5.74, 6) is -1.17. The Morgan fingerprint density at radius 1 is 1.18 bits per heavy atom. The highest BCUT2D eigenvalue weighted by atomic mass is 19.1. The molecule has 0 amide bonds. The van der Waals surface area contributed by atoms with Crippen LogP contribution in [0, 0.1) is 5.82 Å². The molecule has 22 heavy (non-hydrogen) atoms. The van der Waals surface area contributed by atoms with E-state index in [1.165, 1.54) is 19.3 Å². The second kappa shape index (κ2) is 6.89. The van der Waals surface area contributed by atoms with Gasteiger partial charge < -0.3 is 9.84 Å². The van der Waals surface area contributed by atoms with Crippen molar-refractivity contribution in [2.75, 3.05) is 7.11 Å². The van der Waals surface area contributed by atoms with Gasteiger partial charge in [-0.15, -0.1) is 0 Å². The molecule has 0 saturated heterocycles. The number of carbonyl (C=O) groups is 1. The molecule has 2 aromatic rings. The minimum atomic E-state index is -0.960. The Kier molecular flexibility index (Phi) is 4.94. The minimum absolute atomic E-state index is 0.207. The zero-order chi connectivity index (χ0) is 16.1. The Bertz CT molecular complexity index is 703. The SMILES string of the molecule is CC/C(=C\C(=O)O)c1ccc(-c2ccc(OC)c(F)c2)cc1. The molecule has 2 aromatic carbocycles. The van der Waals surface area contributed by atoms with Crippen LogP contribution in [0.3, 0.4) is 0 Å². The van der Waals surface area contributed by atoms with Gasteiger partial charge in [-0.25, -0.2) is 9.18 Å². The van der Waals surface area contributed by atoms with Crippen molar-refractivity contribution < 1.29 is 19.0 Å². The molecule has 4 heteroatoms. The van der Waals surface area contributed by atoms with Crippen molar-refractivity contribution in [1.29, 1.82) is 0 Å². The van der Waals surface area contributed by atoms with Crippen LogP contribution < -0.4 is 4.74 Å². The van der Waals surface area contributed by atoms with Crippen molar-refractivity contribution in [1.82, 2.24) is 0 Å². The van der Waals surface area contributed by atoms with Gasteiger partial charge in [0.1, 0.15) is 0 Å². The van der Waals surface area contributed by atoms with Crippen molar-refractivity contribution in [3.63, 3.8) is 0 Å². The topological polar surface area (TPSA) is 46.5 Å². The first-order chi connectivity index (χ1) is 10.5. The summed E-state index contributed by atoms with van der Waals surface area (Å²) < 4.78 is 18.6. The molecule has 3 nitrogen and oxygen atoms in total. The summed E-state index contributed by atoms with van der Waals surface area (Å²) >= 11 is 0. The van der Waals surface area contributed by atoms with Crippen molar-refractivity contribution >= 4 is 11.5 Å². The minimum Gasteiger partial charge on any atom is -0.494 e. The predicted octanol–water partition coefficient (Wildman–Crippen LogP) is 4.38. The lowest BCUT2D eigenvalue weighted by atomic mass is 9.98. The molecule has 0 spiro atoms. The highest BCUT2D eigenvalue weighted by Crippen LogP contribution is 2.27. The molecule has 0 aliphatic carbocycles. The summed E-state index contributed by atoms with van der Waals surface area (Å²) in [5, 5.41) is 8.86. The quantitative estimate of drug-likeness (QED) is 0.834. The molecule has 0 aliphatic heterocycles. The number of benzene rings is 2. The fraction of sp³-hybridized carbons (Fsp3) is 0.167. The van der Waals surface area contributed by atoms with Crippen molar-refractivity contribution in [3.05, 3.63) is 59.9 Å². The summed E-state index contributed by atoms with van der Waals surface area (Å²) in [6, 6.07) is 12.2. The first-order valence-corrected chi connectivity index (χ1v) is 6.93.